The van der Waals surface area contributed by atoms with Crippen LogP contribution in [0, 0.1) is 19.7 Å². The first-order valence-corrected chi connectivity index (χ1v) is 10.3. The number of likely N-dealkylation sites (tertiary alicyclic amines) is 1. The maximum atomic E-state index is 14.7. The molecule has 0 unspecified atom stereocenters. The Morgan fingerprint density at radius 1 is 1.17 bits per heavy atom. The zero-order valence-corrected chi connectivity index (χ0v) is 17.3. The summed E-state index contributed by atoms with van der Waals surface area (Å²) in [6.07, 6.45) is 2.12. The Morgan fingerprint density at radius 2 is 1.93 bits per heavy atom. The van der Waals surface area contributed by atoms with Gasteiger partial charge in [-0.25, -0.2) is 9.37 Å². The number of piperidine rings is 1. The summed E-state index contributed by atoms with van der Waals surface area (Å²) in [4.78, 5) is 11.1. The highest BCUT2D eigenvalue weighted by Gasteiger charge is 2.29. The highest BCUT2D eigenvalue weighted by molar-refractivity contribution is 5.37. The molecule has 6 nitrogen and oxygen atoms in total. The Labute approximate surface area is 171 Å². The zero-order valence-electron chi connectivity index (χ0n) is 17.3. The van der Waals surface area contributed by atoms with Crippen LogP contribution in [0.25, 0.3) is 0 Å². The predicted molar refractivity (Wildman–Crippen MR) is 107 cm³/mol. The molecule has 2 aliphatic rings. The molecule has 0 saturated carbocycles. The van der Waals surface area contributed by atoms with Crippen molar-refractivity contribution in [2.75, 3.05) is 26.3 Å². The molecule has 0 N–H and O–H groups in total. The van der Waals surface area contributed by atoms with E-state index in [1.807, 2.05) is 20.8 Å². The van der Waals surface area contributed by atoms with E-state index in [-0.39, 0.29) is 18.0 Å². The molecule has 2 aliphatic heterocycles. The Bertz CT molecular complexity index is 856. The molecule has 0 radical (unpaired) electrons. The molecule has 2 atom stereocenters. The van der Waals surface area contributed by atoms with E-state index in [1.54, 1.807) is 0 Å². The van der Waals surface area contributed by atoms with Gasteiger partial charge in [0, 0.05) is 24.0 Å². The molecular formula is C22H28FN3O3. The number of aromatic nitrogens is 2. The first kappa shape index (κ1) is 20.0. The molecule has 2 aromatic heterocycles. The molecule has 2 aromatic rings. The van der Waals surface area contributed by atoms with Gasteiger partial charge in [-0.15, -0.1) is 0 Å². The van der Waals surface area contributed by atoms with Gasteiger partial charge in [0.05, 0.1) is 24.4 Å². The van der Waals surface area contributed by atoms with Gasteiger partial charge in [0.1, 0.15) is 19.0 Å². The number of ether oxygens (including phenoxy) is 3. The number of hydrogen-bond donors (Lipinski definition) is 0. The van der Waals surface area contributed by atoms with Gasteiger partial charge in [0.2, 0.25) is 0 Å². The van der Waals surface area contributed by atoms with Crippen molar-refractivity contribution in [2.45, 2.75) is 52.4 Å². The molecule has 0 spiro atoms. The van der Waals surface area contributed by atoms with Crippen molar-refractivity contribution < 1.29 is 18.6 Å². The molecule has 7 heteroatoms. The lowest BCUT2D eigenvalue weighted by Gasteiger charge is -2.36. The first-order chi connectivity index (χ1) is 14.0. The molecule has 0 aromatic carbocycles. The molecule has 1 fully saturated rings. The van der Waals surface area contributed by atoms with Gasteiger partial charge in [0.15, 0.2) is 5.75 Å². The lowest BCUT2D eigenvalue weighted by molar-refractivity contribution is -0.0208. The highest BCUT2D eigenvalue weighted by atomic mass is 19.1. The minimum atomic E-state index is -0.354. The second-order valence-corrected chi connectivity index (χ2v) is 7.86. The minimum absolute atomic E-state index is 0.111. The van der Waals surface area contributed by atoms with Gasteiger partial charge >= 0.3 is 0 Å². The molecule has 4 heterocycles. The Kier molecular flexibility index (Phi) is 5.96. The lowest BCUT2D eigenvalue weighted by Crippen LogP contribution is -2.41. The van der Waals surface area contributed by atoms with Crippen LogP contribution in [0.2, 0.25) is 0 Å². The number of fused-ring (bicyclic) bond motifs is 1. The van der Waals surface area contributed by atoms with Crippen molar-refractivity contribution in [1.82, 2.24) is 14.9 Å². The van der Waals surface area contributed by atoms with E-state index in [1.165, 1.54) is 6.07 Å². The molecular weight excluding hydrogens is 373 g/mol. The molecule has 4 rings (SSSR count). The molecule has 29 heavy (non-hydrogen) atoms. The number of halogens is 1. The Morgan fingerprint density at radius 3 is 2.72 bits per heavy atom. The van der Waals surface area contributed by atoms with Crippen LogP contribution in [0.1, 0.15) is 48.5 Å². The molecule has 1 saturated heterocycles. The number of hydrogen-bond acceptors (Lipinski definition) is 6. The summed E-state index contributed by atoms with van der Waals surface area (Å²) in [5.74, 6) is 0.410. The van der Waals surface area contributed by atoms with Crippen LogP contribution in [-0.2, 0) is 11.3 Å². The maximum Gasteiger partial charge on any atom is 0.257 e. The van der Waals surface area contributed by atoms with Gasteiger partial charge < -0.3 is 14.2 Å². The van der Waals surface area contributed by atoms with E-state index in [4.69, 9.17) is 14.2 Å². The third kappa shape index (κ3) is 4.67. The Hall–Kier alpha value is -2.25. The van der Waals surface area contributed by atoms with Crippen molar-refractivity contribution in [3.63, 3.8) is 0 Å². The molecule has 0 amide bonds. The fourth-order valence-electron chi connectivity index (χ4n) is 4.10. The van der Waals surface area contributed by atoms with Crippen LogP contribution in [-0.4, -0.2) is 47.3 Å². The van der Waals surface area contributed by atoms with Crippen LogP contribution in [0.15, 0.2) is 18.2 Å². The van der Waals surface area contributed by atoms with Crippen molar-refractivity contribution in [3.05, 3.63) is 46.7 Å². The van der Waals surface area contributed by atoms with Gasteiger partial charge in [0.25, 0.3) is 5.88 Å². The normalized spacial score (nSPS) is 20.5. The SMILES string of the molecule is Cc1cc(CO[C@H]2CCCN([C@H](C)c3nc4c(cc3F)OCCO4)C2)cc(C)n1. The topological polar surface area (TPSA) is 56.7 Å². The van der Waals surface area contributed by atoms with E-state index < -0.39 is 0 Å². The maximum absolute atomic E-state index is 14.7. The van der Waals surface area contributed by atoms with E-state index in [0.29, 0.717) is 37.1 Å². The number of pyridine rings is 2. The van der Waals surface area contributed by atoms with Crippen LogP contribution in [0.4, 0.5) is 4.39 Å². The average Bonchev–Trinajstić information content (AvgIpc) is 2.71. The van der Waals surface area contributed by atoms with Crippen molar-refractivity contribution >= 4 is 0 Å². The summed E-state index contributed by atoms with van der Waals surface area (Å²) in [5.41, 5.74) is 3.54. The van der Waals surface area contributed by atoms with Crippen LogP contribution < -0.4 is 9.47 Å². The second kappa shape index (κ2) is 8.63. The highest BCUT2D eigenvalue weighted by Crippen LogP contribution is 2.34. The van der Waals surface area contributed by atoms with Crippen LogP contribution in [0.3, 0.4) is 0 Å². The van der Waals surface area contributed by atoms with Crippen LogP contribution in [0.5, 0.6) is 11.6 Å². The van der Waals surface area contributed by atoms with E-state index in [0.717, 1.165) is 42.9 Å². The molecule has 156 valence electrons. The summed E-state index contributed by atoms with van der Waals surface area (Å²) < 4.78 is 31.8. The summed E-state index contributed by atoms with van der Waals surface area (Å²) in [7, 11) is 0. The summed E-state index contributed by atoms with van der Waals surface area (Å²) in [6.45, 7) is 9.04. The third-order valence-corrected chi connectivity index (χ3v) is 5.49. The summed E-state index contributed by atoms with van der Waals surface area (Å²) in [5, 5.41) is 0. The fraction of sp³-hybridized carbons (Fsp3) is 0.545. The van der Waals surface area contributed by atoms with Crippen molar-refractivity contribution in [2.24, 2.45) is 0 Å². The summed E-state index contributed by atoms with van der Waals surface area (Å²) >= 11 is 0. The van der Waals surface area contributed by atoms with Gasteiger partial charge in [-0.1, -0.05) is 0 Å². The lowest BCUT2D eigenvalue weighted by atomic mass is 10.0. The van der Waals surface area contributed by atoms with Crippen molar-refractivity contribution in [3.8, 4) is 11.6 Å². The first-order valence-electron chi connectivity index (χ1n) is 10.3. The fourth-order valence-corrected chi connectivity index (χ4v) is 4.10. The van der Waals surface area contributed by atoms with E-state index in [2.05, 4.69) is 27.0 Å². The van der Waals surface area contributed by atoms with Gasteiger partial charge in [-0.3, -0.25) is 9.88 Å². The van der Waals surface area contributed by atoms with Crippen molar-refractivity contribution in [1.29, 1.82) is 0 Å². The average molecular weight is 401 g/mol. The Balaban J connectivity index is 1.41. The molecule has 0 bridgehead atoms. The third-order valence-electron chi connectivity index (χ3n) is 5.49. The number of nitrogens with zero attached hydrogens (tertiary/aromatic N) is 3. The standard InChI is InChI=1S/C22H28FN3O3/c1-14-9-17(10-15(2)24-14)13-29-18-5-4-6-26(12-18)16(3)21-19(23)11-20-22(25-21)28-8-7-27-20/h9-11,16,18H,4-8,12-13H2,1-3H3/t16-,18+/m1/s1. The number of rotatable bonds is 5. The monoisotopic (exact) mass is 401 g/mol. The summed E-state index contributed by atoms with van der Waals surface area (Å²) in [6, 6.07) is 5.34. The van der Waals surface area contributed by atoms with E-state index in [9.17, 15) is 4.39 Å². The smallest absolute Gasteiger partial charge is 0.257 e. The zero-order chi connectivity index (χ0) is 20.4. The van der Waals surface area contributed by atoms with Gasteiger partial charge in [-0.2, -0.15) is 0 Å². The van der Waals surface area contributed by atoms with Gasteiger partial charge in [-0.05, 0) is 57.9 Å². The van der Waals surface area contributed by atoms with Crippen LogP contribution >= 0.6 is 0 Å². The quantitative estimate of drug-likeness (QED) is 0.761. The second-order valence-electron chi connectivity index (χ2n) is 7.86. The predicted octanol–water partition coefficient (Wildman–Crippen LogP) is 3.75. The minimum Gasteiger partial charge on any atom is -0.484 e. The molecule has 0 aliphatic carbocycles. The number of aryl methyl sites for hydroxylation is 2. The van der Waals surface area contributed by atoms with E-state index >= 15 is 0 Å². The largest absolute Gasteiger partial charge is 0.484 e.